The lowest BCUT2D eigenvalue weighted by molar-refractivity contribution is -0.139. The number of guanidine groups is 1. The van der Waals surface area contributed by atoms with Crippen molar-refractivity contribution in [3.63, 3.8) is 0 Å². The predicted octanol–water partition coefficient (Wildman–Crippen LogP) is -0.912. The molecule has 0 saturated heterocycles. The number of carboxylic acid groups (broad SMARTS) is 1. The Balaban J connectivity index is 4.20. The molecule has 0 saturated carbocycles. The molecule has 0 aliphatic heterocycles. The maximum atomic E-state index is 10.5. The lowest BCUT2D eigenvalue weighted by atomic mass is 9.86. The van der Waals surface area contributed by atoms with E-state index in [0.717, 1.165) is 0 Å². The van der Waals surface area contributed by atoms with Crippen molar-refractivity contribution in [3.8, 4) is 0 Å². The Morgan fingerprint density at radius 2 is 2.00 bits per heavy atom. The summed E-state index contributed by atoms with van der Waals surface area (Å²) in [6, 6.07) is -0.876. The average molecular weight is 202 g/mol. The molecule has 0 fully saturated rings. The molecule has 0 heterocycles. The first-order chi connectivity index (χ1) is 6.24. The van der Waals surface area contributed by atoms with Gasteiger partial charge in [0.1, 0.15) is 6.04 Å². The van der Waals surface area contributed by atoms with E-state index in [0.29, 0.717) is 13.0 Å². The number of rotatable bonds is 5. The van der Waals surface area contributed by atoms with Crippen molar-refractivity contribution in [3.05, 3.63) is 0 Å². The van der Waals surface area contributed by atoms with Gasteiger partial charge < -0.3 is 22.3 Å². The first kappa shape index (κ1) is 12.7. The fraction of sp³-hybridized carbons (Fsp3) is 0.750. The second-order valence-electron chi connectivity index (χ2n) is 4.05. The topological polar surface area (TPSA) is 128 Å². The summed E-state index contributed by atoms with van der Waals surface area (Å²) in [6.07, 6.45) is 0.332. The van der Waals surface area contributed by atoms with E-state index in [2.05, 4.69) is 4.99 Å². The van der Waals surface area contributed by atoms with Gasteiger partial charge in [0.15, 0.2) is 5.96 Å². The lowest BCUT2D eigenvalue weighted by Crippen LogP contribution is -2.36. The van der Waals surface area contributed by atoms with Crippen LogP contribution in [-0.4, -0.2) is 29.6 Å². The molecule has 0 amide bonds. The average Bonchev–Trinajstić information content (AvgIpc) is 2.00. The summed E-state index contributed by atoms with van der Waals surface area (Å²) in [5.74, 6) is -1.01. The van der Waals surface area contributed by atoms with Crippen LogP contribution in [0.15, 0.2) is 4.99 Å². The summed E-state index contributed by atoms with van der Waals surface area (Å²) in [4.78, 5) is 14.3. The number of aliphatic imine (C=N–C) groups is 1. The van der Waals surface area contributed by atoms with Crippen LogP contribution in [0.5, 0.6) is 0 Å². The molecule has 1 atom stereocenters. The second-order valence-corrected chi connectivity index (χ2v) is 4.05. The van der Waals surface area contributed by atoms with E-state index in [4.69, 9.17) is 22.3 Å². The third-order valence-electron chi connectivity index (χ3n) is 1.78. The van der Waals surface area contributed by atoms with Gasteiger partial charge >= 0.3 is 5.97 Å². The number of hydrogen-bond acceptors (Lipinski definition) is 3. The molecular formula is C8H18N4O2. The minimum atomic E-state index is -1.01. The van der Waals surface area contributed by atoms with Crippen molar-refractivity contribution >= 4 is 11.9 Å². The van der Waals surface area contributed by atoms with Crippen LogP contribution < -0.4 is 17.2 Å². The van der Waals surface area contributed by atoms with Crippen LogP contribution in [0, 0.1) is 5.41 Å². The van der Waals surface area contributed by atoms with Crippen LogP contribution in [0.2, 0.25) is 0 Å². The van der Waals surface area contributed by atoms with E-state index in [-0.39, 0.29) is 11.4 Å². The van der Waals surface area contributed by atoms with Gasteiger partial charge in [-0.2, -0.15) is 0 Å². The predicted molar refractivity (Wildman–Crippen MR) is 54.7 cm³/mol. The Morgan fingerprint density at radius 1 is 1.50 bits per heavy atom. The number of hydrogen-bond donors (Lipinski definition) is 4. The SMILES string of the molecule is CC(C)(CN=C(N)N)C[C@H](N)C(=O)O. The summed E-state index contributed by atoms with van der Waals surface area (Å²) in [5.41, 5.74) is 15.4. The summed E-state index contributed by atoms with van der Waals surface area (Å²) in [5, 5.41) is 8.61. The van der Waals surface area contributed by atoms with Gasteiger partial charge in [-0.15, -0.1) is 0 Å². The Labute approximate surface area is 83.2 Å². The highest BCUT2D eigenvalue weighted by Gasteiger charge is 2.24. The van der Waals surface area contributed by atoms with Crippen molar-refractivity contribution in [1.29, 1.82) is 0 Å². The van der Waals surface area contributed by atoms with Gasteiger partial charge in [0.25, 0.3) is 0 Å². The van der Waals surface area contributed by atoms with E-state index < -0.39 is 12.0 Å². The van der Waals surface area contributed by atoms with Crippen LogP contribution in [0.3, 0.4) is 0 Å². The number of carboxylic acids is 1. The third kappa shape index (κ3) is 5.36. The van der Waals surface area contributed by atoms with Crippen LogP contribution in [0.4, 0.5) is 0 Å². The molecule has 6 nitrogen and oxygen atoms in total. The van der Waals surface area contributed by atoms with E-state index in [9.17, 15) is 4.79 Å². The fourth-order valence-electron chi connectivity index (χ4n) is 1.05. The maximum absolute atomic E-state index is 10.5. The van der Waals surface area contributed by atoms with E-state index in [1.807, 2.05) is 13.8 Å². The Morgan fingerprint density at radius 3 is 2.36 bits per heavy atom. The molecule has 0 aromatic carbocycles. The molecule has 0 aliphatic rings. The third-order valence-corrected chi connectivity index (χ3v) is 1.78. The first-order valence-electron chi connectivity index (χ1n) is 4.28. The van der Waals surface area contributed by atoms with Crippen molar-refractivity contribution in [2.45, 2.75) is 26.3 Å². The lowest BCUT2D eigenvalue weighted by Gasteiger charge is -2.24. The Kier molecular flexibility index (Phi) is 4.36. The first-order valence-corrected chi connectivity index (χ1v) is 4.28. The maximum Gasteiger partial charge on any atom is 0.320 e. The monoisotopic (exact) mass is 202 g/mol. The number of aliphatic carboxylic acids is 1. The van der Waals surface area contributed by atoms with Gasteiger partial charge in [0.2, 0.25) is 0 Å². The highest BCUT2D eigenvalue weighted by molar-refractivity contribution is 5.75. The fourth-order valence-corrected chi connectivity index (χ4v) is 1.05. The van der Waals surface area contributed by atoms with Crippen molar-refractivity contribution in [1.82, 2.24) is 0 Å². The smallest absolute Gasteiger partial charge is 0.320 e. The summed E-state index contributed by atoms with van der Waals surface area (Å²) in [6.45, 7) is 4.10. The summed E-state index contributed by atoms with van der Waals surface area (Å²) >= 11 is 0. The van der Waals surface area contributed by atoms with Gasteiger partial charge in [0, 0.05) is 6.54 Å². The minimum Gasteiger partial charge on any atom is -0.480 e. The molecule has 0 spiro atoms. The Hall–Kier alpha value is -1.30. The van der Waals surface area contributed by atoms with Crippen LogP contribution in [0.25, 0.3) is 0 Å². The van der Waals surface area contributed by atoms with Crippen molar-refractivity contribution < 1.29 is 9.90 Å². The van der Waals surface area contributed by atoms with E-state index in [1.165, 1.54) is 0 Å². The largest absolute Gasteiger partial charge is 0.480 e. The zero-order chi connectivity index (χ0) is 11.4. The van der Waals surface area contributed by atoms with Crippen molar-refractivity contribution in [2.75, 3.05) is 6.54 Å². The molecule has 0 bridgehead atoms. The van der Waals surface area contributed by atoms with E-state index in [1.54, 1.807) is 0 Å². The van der Waals surface area contributed by atoms with Gasteiger partial charge in [0.05, 0.1) is 0 Å². The number of nitrogens with zero attached hydrogens (tertiary/aromatic N) is 1. The zero-order valence-electron chi connectivity index (χ0n) is 8.53. The molecule has 0 aliphatic carbocycles. The van der Waals surface area contributed by atoms with Gasteiger partial charge in [-0.05, 0) is 11.8 Å². The molecule has 0 radical (unpaired) electrons. The summed E-state index contributed by atoms with van der Waals surface area (Å²) < 4.78 is 0. The quantitative estimate of drug-likeness (QED) is 0.339. The molecule has 7 N–H and O–H groups in total. The summed E-state index contributed by atoms with van der Waals surface area (Å²) in [7, 11) is 0. The van der Waals surface area contributed by atoms with Gasteiger partial charge in [-0.25, -0.2) is 0 Å². The van der Waals surface area contributed by atoms with Crippen LogP contribution in [0.1, 0.15) is 20.3 Å². The zero-order valence-corrected chi connectivity index (χ0v) is 8.53. The normalized spacial score (nSPS) is 13.4. The minimum absolute atomic E-state index is 0.00183. The van der Waals surface area contributed by atoms with Crippen molar-refractivity contribution in [2.24, 2.45) is 27.6 Å². The molecule has 82 valence electrons. The van der Waals surface area contributed by atoms with Crippen LogP contribution >= 0.6 is 0 Å². The highest BCUT2D eigenvalue weighted by atomic mass is 16.4. The molecule has 0 rings (SSSR count). The number of nitrogens with two attached hydrogens (primary N) is 3. The second kappa shape index (κ2) is 4.80. The molecule has 6 heteroatoms. The molecular weight excluding hydrogens is 184 g/mol. The standard InChI is InChI=1S/C8H18N4O2/c1-8(2,4-12-7(10)11)3-5(9)6(13)14/h5H,3-4,9H2,1-2H3,(H,13,14)(H4,10,11,12)/t5-/m0/s1. The Bertz CT molecular complexity index is 233. The van der Waals surface area contributed by atoms with E-state index >= 15 is 0 Å². The molecule has 14 heavy (non-hydrogen) atoms. The van der Waals surface area contributed by atoms with Crippen LogP contribution in [-0.2, 0) is 4.79 Å². The van der Waals surface area contributed by atoms with Gasteiger partial charge in [-0.1, -0.05) is 13.8 Å². The van der Waals surface area contributed by atoms with Gasteiger partial charge in [-0.3, -0.25) is 9.79 Å². The number of carbonyl (C=O) groups is 1. The molecule has 0 aromatic rings. The molecule has 0 aromatic heterocycles. The molecule has 0 unspecified atom stereocenters. The highest BCUT2D eigenvalue weighted by Crippen LogP contribution is 2.21.